The second kappa shape index (κ2) is 4.10. The molecule has 0 rings (SSSR count). The molecular weight excluding hydrogens is 136 g/mol. The average Bonchev–Trinajstić information content (AvgIpc) is 1.90. The maximum absolute atomic E-state index is 5.61. The van der Waals surface area contributed by atoms with Crippen LogP contribution in [0, 0.1) is 11.8 Å². The molecule has 0 aliphatic carbocycles. The third-order valence-electron chi connectivity index (χ3n) is 2.89. The van der Waals surface area contributed by atoms with Crippen LogP contribution in [0.1, 0.15) is 41.0 Å². The van der Waals surface area contributed by atoms with Crippen molar-refractivity contribution < 1.29 is 4.74 Å². The number of rotatable bonds is 4. The van der Waals surface area contributed by atoms with Crippen LogP contribution in [0.15, 0.2) is 0 Å². The Morgan fingerprint density at radius 3 is 1.45 bits per heavy atom. The molecule has 0 aliphatic heterocycles. The van der Waals surface area contributed by atoms with Gasteiger partial charge >= 0.3 is 0 Å². The first-order valence-electron chi connectivity index (χ1n) is 4.56. The summed E-state index contributed by atoms with van der Waals surface area (Å²) in [5, 5.41) is 0. The van der Waals surface area contributed by atoms with Crippen LogP contribution in [-0.4, -0.2) is 12.7 Å². The SMILES string of the molecule is CCC(OC)(C(C)C)C(C)C. The molecule has 1 nitrogen and oxygen atoms in total. The van der Waals surface area contributed by atoms with Gasteiger partial charge in [-0.1, -0.05) is 34.6 Å². The Balaban J connectivity index is 4.46. The van der Waals surface area contributed by atoms with Gasteiger partial charge in [0.2, 0.25) is 0 Å². The van der Waals surface area contributed by atoms with E-state index in [0.717, 1.165) is 6.42 Å². The fourth-order valence-corrected chi connectivity index (χ4v) is 2.10. The minimum Gasteiger partial charge on any atom is -0.378 e. The summed E-state index contributed by atoms with van der Waals surface area (Å²) in [5.74, 6) is 1.19. The fraction of sp³-hybridized carbons (Fsp3) is 1.00. The lowest BCUT2D eigenvalue weighted by Gasteiger charge is -2.39. The molecule has 68 valence electrons. The van der Waals surface area contributed by atoms with Gasteiger partial charge in [0, 0.05) is 7.11 Å². The van der Waals surface area contributed by atoms with E-state index in [1.165, 1.54) is 0 Å². The normalized spacial score (nSPS) is 13.1. The minimum absolute atomic E-state index is 0.0833. The van der Waals surface area contributed by atoms with Gasteiger partial charge in [0.15, 0.2) is 0 Å². The summed E-state index contributed by atoms with van der Waals surface area (Å²) in [5.41, 5.74) is 0.0833. The van der Waals surface area contributed by atoms with Gasteiger partial charge in [0.1, 0.15) is 0 Å². The van der Waals surface area contributed by atoms with Gasteiger partial charge < -0.3 is 4.74 Å². The molecule has 0 saturated carbocycles. The first kappa shape index (κ1) is 11.0. The van der Waals surface area contributed by atoms with E-state index in [1.54, 1.807) is 0 Å². The van der Waals surface area contributed by atoms with Gasteiger partial charge in [-0.15, -0.1) is 0 Å². The monoisotopic (exact) mass is 158 g/mol. The van der Waals surface area contributed by atoms with Crippen molar-refractivity contribution in [1.29, 1.82) is 0 Å². The Labute approximate surface area is 71.1 Å². The van der Waals surface area contributed by atoms with Crippen molar-refractivity contribution in [2.75, 3.05) is 7.11 Å². The van der Waals surface area contributed by atoms with Crippen LogP contribution >= 0.6 is 0 Å². The molecule has 1 heteroatoms. The largest absolute Gasteiger partial charge is 0.378 e. The molecule has 0 unspecified atom stereocenters. The predicted molar refractivity (Wildman–Crippen MR) is 49.7 cm³/mol. The predicted octanol–water partition coefficient (Wildman–Crippen LogP) is 3.09. The summed E-state index contributed by atoms with van der Waals surface area (Å²) >= 11 is 0. The maximum atomic E-state index is 5.61. The quantitative estimate of drug-likeness (QED) is 0.611. The molecule has 0 aromatic rings. The van der Waals surface area contributed by atoms with Crippen molar-refractivity contribution in [3.63, 3.8) is 0 Å². The Bertz CT molecular complexity index is 91.4. The van der Waals surface area contributed by atoms with E-state index >= 15 is 0 Å². The van der Waals surface area contributed by atoms with Crippen LogP contribution in [0.5, 0.6) is 0 Å². The molecule has 0 amide bonds. The third kappa shape index (κ3) is 1.96. The summed E-state index contributed by atoms with van der Waals surface area (Å²) in [6.07, 6.45) is 1.10. The molecule has 0 aliphatic rings. The molecule has 0 heterocycles. The minimum atomic E-state index is 0.0833. The molecule has 0 fully saturated rings. The highest BCUT2D eigenvalue weighted by atomic mass is 16.5. The van der Waals surface area contributed by atoms with E-state index in [4.69, 9.17) is 4.74 Å². The van der Waals surface area contributed by atoms with Crippen molar-refractivity contribution in [1.82, 2.24) is 0 Å². The topological polar surface area (TPSA) is 9.23 Å². The standard InChI is InChI=1S/C10H22O/c1-7-10(11-6,8(2)3)9(4)5/h8-9H,7H2,1-6H3. The van der Waals surface area contributed by atoms with Crippen molar-refractivity contribution in [2.45, 2.75) is 46.6 Å². The van der Waals surface area contributed by atoms with Crippen LogP contribution in [0.2, 0.25) is 0 Å². The van der Waals surface area contributed by atoms with Crippen molar-refractivity contribution in [2.24, 2.45) is 11.8 Å². The molecule has 11 heavy (non-hydrogen) atoms. The molecule has 0 radical (unpaired) electrons. The zero-order chi connectivity index (χ0) is 9.07. The molecule has 0 atom stereocenters. The maximum Gasteiger partial charge on any atom is 0.0721 e. The Hall–Kier alpha value is -0.0400. The first-order chi connectivity index (χ1) is 5.01. The van der Waals surface area contributed by atoms with Crippen LogP contribution in [0.25, 0.3) is 0 Å². The summed E-state index contributed by atoms with van der Waals surface area (Å²) in [7, 11) is 1.82. The van der Waals surface area contributed by atoms with Gasteiger partial charge in [-0.3, -0.25) is 0 Å². The van der Waals surface area contributed by atoms with Gasteiger partial charge in [0.25, 0.3) is 0 Å². The van der Waals surface area contributed by atoms with Gasteiger partial charge in [-0.05, 0) is 18.3 Å². The van der Waals surface area contributed by atoms with Crippen LogP contribution < -0.4 is 0 Å². The van der Waals surface area contributed by atoms with E-state index in [0.29, 0.717) is 11.8 Å². The molecule has 0 N–H and O–H groups in total. The van der Waals surface area contributed by atoms with Crippen LogP contribution in [0.3, 0.4) is 0 Å². The lowest BCUT2D eigenvalue weighted by molar-refractivity contribution is -0.0858. The van der Waals surface area contributed by atoms with Gasteiger partial charge in [-0.25, -0.2) is 0 Å². The summed E-state index contributed by atoms with van der Waals surface area (Å²) < 4.78 is 5.61. The number of hydrogen-bond donors (Lipinski definition) is 0. The second-order valence-electron chi connectivity index (χ2n) is 3.82. The second-order valence-corrected chi connectivity index (χ2v) is 3.82. The van der Waals surface area contributed by atoms with E-state index in [2.05, 4.69) is 34.6 Å². The molecule has 0 aromatic carbocycles. The molecular formula is C10H22O. The number of ether oxygens (including phenoxy) is 1. The first-order valence-corrected chi connectivity index (χ1v) is 4.56. The Kier molecular flexibility index (Phi) is 4.09. The number of methoxy groups -OCH3 is 1. The van der Waals surface area contributed by atoms with Crippen molar-refractivity contribution >= 4 is 0 Å². The number of hydrogen-bond acceptors (Lipinski definition) is 1. The smallest absolute Gasteiger partial charge is 0.0721 e. The van der Waals surface area contributed by atoms with E-state index in [1.807, 2.05) is 7.11 Å². The molecule has 0 spiro atoms. The molecule has 0 aromatic heterocycles. The lowest BCUT2D eigenvalue weighted by atomic mass is 9.78. The highest BCUT2D eigenvalue weighted by molar-refractivity contribution is 4.85. The average molecular weight is 158 g/mol. The summed E-state index contributed by atoms with van der Waals surface area (Å²) in [6, 6.07) is 0. The van der Waals surface area contributed by atoms with E-state index in [-0.39, 0.29) is 5.60 Å². The van der Waals surface area contributed by atoms with Crippen LogP contribution in [0.4, 0.5) is 0 Å². The summed E-state index contributed by atoms with van der Waals surface area (Å²) in [4.78, 5) is 0. The highest BCUT2D eigenvalue weighted by Crippen LogP contribution is 2.32. The van der Waals surface area contributed by atoms with Gasteiger partial charge in [0.05, 0.1) is 5.60 Å². The third-order valence-corrected chi connectivity index (χ3v) is 2.89. The molecule has 0 bridgehead atoms. The van der Waals surface area contributed by atoms with E-state index in [9.17, 15) is 0 Å². The van der Waals surface area contributed by atoms with E-state index < -0.39 is 0 Å². The summed E-state index contributed by atoms with van der Waals surface area (Å²) in [6.45, 7) is 11.1. The van der Waals surface area contributed by atoms with Crippen molar-refractivity contribution in [3.05, 3.63) is 0 Å². The highest BCUT2D eigenvalue weighted by Gasteiger charge is 2.34. The lowest BCUT2D eigenvalue weighted by Crippen LogP contribution is -2.42. The Morgan fingerprint density at radius 1 is 1.09 bits per heavy atom. The fourth-order valence-electron chi connectivity index (χ4n) is 2.10. The zero-order valence-corrected chi connectivity index (χ0v) is 8.77. The molecule has 0 saturated heterocycles. The van der Waals surface area contributed by atoms with Gasteiger partial charge in [-0.2, -0.15) is 0 Å². The zero-order valence-electron chi connectivity index (χ0n) is 8.77. The Morgan fingerprint density at radius 2 is 1.45 bits per heavy atom. The van der Waals surface area contributed by atoms with Crippen LogP contribution in [-0.2, 0) is 4.74 Å². The van der Waals surface area contributed by atoms with Crippen molar-refractivity contribution in [3.8, 4) is 0 Å².